The van der Waals surface area contributed by atoms with E-state index in [1.165, 1.54) is 4.68 Å². The number of ketones is 1. The van der Waals surface area contributed by atoms with Gasteiger partial charge in [0.25, 0.3) is 5.56 Å². The van der Waals surface area contributed by atoms with Gasteiger partial charge in [0.2, 0.25) is 0 Å². The number of furan rings is 1. The highest BCUT2D eigenvalue weighted by Gasteiger charge is 2.30. The molecule has 3 aromatic heterocycles. The quantitative estimate of drug-likeness (QED) is 0.605. The first-order valence-electron chi connectivity index (χ1n) is 8.47. The van der Waals surface area contributed by atoms with Crippen LogP contribution in [0.5, 0.6) is 0 Å². The van der Waals surface area contributed by atoms with Crippen LogP contribution in [0.15, 0.2) is 64.0 Å². The number of rotatable bonds is 2. The van der Waals surface area contributed by atoms with Crippen molar-refractivity contribution in [1.82, 2.24) is 14.8 Å². The molecule has 0 aliphatic heterocycles. The molecule has 1 aliphatic carbocycles. The summed E-state index contributed by atoms with van der Waals surface area (Å²) < 4.78 is 6.92. The van der Waals surface area contributed by atoms with E-state index >= 15 is 0 Å². The molecular formula is C20H15N3O3. The molecule has 1 aromatic carbocycles. The van der Waals surface area contributed by atoms with Gasteiger partial charge in [0, 0.05) is 24.3 Å². The second-order valence-electron chi connectivity index (χ2n) is 6.51. The number of para-hydroxylation sites is 1. The van der Waals surface area contributed by atoms with Gasteiger partial charge >= 0.3 is 0 Å². The van der Waals surface area contributed by atoms with E-state index in [2.05, 4.69) is 10.1 Å². The van der Waals surface area contributed by atoms with Gasteiger partial charge in [-0.05, 0) is 30.3 Å². The standard InChI is InChI=1S/C20H15N3O3/c24-17-10-12(18-7-4-8-26-18)9-16-14(17)11-15-19(21-16)22-23(20(15)25)13-5-2-1-3-6-13/h1-8,11-12H,9-10H2,(H,21,22)/t12-/m0/s1. The molecule has 0 unspecified atom stereocenters. The van der Waals surface area contributed by atoms with Crippen LogP contribution in [0, 0.1) is 0 Å². The number of carbonyl (C=O) groups excluding carboxylic acids is 1. The average molecular weight is 345 g/mol. The summed E-state index contributed by atoms with van der Waals surface area (Å²) in [5.41, 5.74) is 2.26. The van der Waals surface area contributed by atoms with Gasteiger partial charge < -0.3 is 4.42 Å². The largest absolute Gasteiger partial charge is 0.469 e. The molecular weight excluding hydrogens is 330 g/mol. The number of hydrogen-bond acceptors (Lipinski definition) is 4. The van der Waals surface area contributed by atoms with E-state index in [0.29, 0.717) is 35.1 Å². The third-order valence-electron chi connectivity index (χ3n) is 4.88. The Kier molecular flexibility index (Phi) is 3.18. The summed E-state index contributed by atoms with van der Waals surface area (Å²) in [6, 6.07) is 14.7. The lowest BCUT2D eigenvalue weighted by atomic mass is 9.84. The zero-order valence-electron chi connectivity index (χ0n) is 13.8. The number of nitrogens with one attached hydrogen (secondary N) is 1. The summed E-state index contributed by atoms with van der Waals surface area (Å²) in [4.78, 5) is 30.0. The van der Waals surface area contributed by atoms with Crippen LogP contribution in [0.25, 0.3) is 16.7 Å². The van der Waals surface area contributed by atoms with Crippen molar-refractivity contribution < 1.29 is 9.21 Å². The number of carbonyl (C=O) groups is 1. The van der Waals surface area contributed by atoms with Crippen molar-refractivity contribution in [3.05, 3.63) is 82.2 Å². The smallest absolute Gasteiger partial charge is 0.280 e. The van der Waals surface area contributed by atoms with E-state index in [0.717, 1.165) is 11.4 Å². The third kappa shape index (κ3) is 2.23. The zero-order chi connectivity index (χ0) is 17.7. The summed E-state index contributed by atoms with van der Waals surface area (Å²) >= 11 is 0. The Bertz CT molecular complexity index is 1170. The predicted molar refractivity (Wildman–Crippen MR) is 95.8 cm³/mol. The maximum Gasteiger partial charge on any atom is 0.280 e. The van der Waals surface area contributed by atoms with Gasteiger partial charge in [0.1, 0.15) is 5.76 Å². The molecule has 0 fully saturated rings. The molecule has 0 bridgehead atoms. The molecule has 1 aliphatic rings. The maximum absolute atomic E-state index is 12.7. The summed E-state index contributed by atoms with van der Waals surface area (Å²) in [5.74, 6) is 0.771. The van der Waals surface area contributed by atoms with E-state index in [1.807, 2.05) is 42.5 Å². The lowest BCUT2D eigenvalue weighted by molar-refractivity contribution is 0.0959. The van der Waals surface area contributed by atoms with E-state index in [4.69, 9.17) is 4.42 Å². The Morgan fingerprint density at radius 3 is 2.69 bits per heavy atom. The van der Waals surface area contributed by atoms with Crippen LogP contribution in [0.2, 0.25) is 0 Å². The number of Topliss-reactive ketones (excluding diaryl/α,β-unsaturated/α-hetero) is 1. The van der Waals surface area contributed by atoms with Crippen LogP contribution >= 0.6 is 0 Å². The molecule has 0 radical (unpaired) electrons. The van der Waals surface area contributed by atoms with Crippen LogP contribution in [0.1, 0.15) is 34.2 Å². The van der Waals surface area contributed by atoms with Crippen LogP contribution in [-0.2, 0) is 6.42 Å². The minimum Gasteiger partial charge on any atom is -0.469 e. The lowest BCUT2D eigenvalue weighted by Crippen LogP contribution is -2.20. The van der Waals surface area contributed by atoms with Crippen LogP contribution in [-0.4, -0.2) is 20.5 Å². The van der Waals surface area contributed by atoms with Crippen molar-refractivity contribution in [3.8, 4) is 5.69 Å². The highest BCUT2D eigenvalue weighted by molar-refractivity contribution is 6.01. The Morgan fingerprint density at radius 1 is 1.08 bits per heavy atom. The molecule has 26 heavy (non-hydrogen) atoms. The first-order chi connectivity index (χ1) is 12.7. The number of aromatic amines is 1. The highest BCUT2D eigenvalue weighted by atomic mass is 16.3. The number of hydrogen-bond donors (Lipinski definition) is 1. The fourth-order valence-electron chi connectivity index (χ4n) is 3.60. The topological polar surface area (TPSA) is 80.9 Å². The number of fused-ring (bicyclic) bond motifs is 2. The highest BCUT2D eigenvalue weighted by Crippen LogP contribution is 2.33. The number of pyridine rings is 1. The lowest BCUT2D eigenvalue weighted by Gasteiger charge is -2.21. The van der Waals surface area contributed by atoms with Crippen molar-refractivity contribution in [2.24, 2.45) is 0 Å². The Morgan fingerprint density at radius 2 is 1.92 bits per heavy atom. The van der Waals surface area contributed by atoms with Gasteiger partial charge in [0.05, 0.1) is 23.0 Å². The first-order valence-corrected chi connectivity index (χ1v) is 8.47. The minimum atomic E-state index is -0.206. The van der Waals surface area contributed by atoms with Gasteiger partial charge in [-0.1, -0.05) is 18.2 Å². The van der Waals surface area contributed by atoms with Gasteiger partial charge in [-0.2, -0.15) is 0 Å². The van der Waals surface area contributed by atoms with Gasteiger partial charge in [-0.3, -0.25) is 14.7 Å². The predicted octanol–water partition coefficient (Wildman–Crippen LogP) is 3.22. The van der Waals surface area contributed by atoms with Gasteiger partial charge in [-0.15, -0.1) is 0 Å². The second kappa shape index (κ2) is 5.56. The number of benzene rings is 1. The number of aromatic nitrogens is 3. The van der Waals surface area contributed by atoms with E-state index in [1.54, 1.807) is 12.3 Å². The van der Waals surface area contributed by atoms with Gasteiger partial charge in [0.15, 0.2) is 11.4 Å². The third-order valence-corrected chi connectivity index (χ3v) is 4.88. The zero-order valence-corrected chi connectivity index (χ0v) is 13.8. The second-order valence-corrected chi connectivity index (χ2v) is 6.51. The Balaban J connectivity index is 1.65. The summed E-state index contributed by atoms with van der Waals surface area (Å²) in [6.45, 7) is 0. The fraction of sp³-hybridized carbons (Fsp3) is 0.150. The van der Waals surface area contributed by atoms with Crippen LogP contribution in [0.3, 0.4) is 0 Å². The Hall–Kier alpha value is -3.41. The van der Waals surface area contributed by atoms with Gasteiger partial charge in [-0.25, -0.2) is 9.67 Å². The molecule has 128 valence electrons. The molecule has 6 heteroatoms. The summed E-state index contributed by atoms with van der Waals surface area (Å²) in [6.07, 6.45) is 2.59. The monoisotopic (exact) mass is 345 g/mol. The first kappa shape index (κ1) is 14.9. The summed E-state index contributed by atoms with van der Waals surface area (Å²) in [7, 11) is 0. The van der Waals surface area contributed by atoms with E-state index in [-0.39, 0.29) is 17.3 Å². The molecule has 4 aromatic rings. The average Bonchev–Trinajstić information content (AvgIpc) is 3.30. The van der Waals surface area contributed by atoms with E-state index in [9.17, 15) is 9.59 Å². The normalized spacial score (nSPS) is 16.8. The summed E-state index contributed by atoms with van der Waals surface area (Å²) in [5, 5.41) is 3.48. The number of nitrogens with zero attached hydrogens (tertiary/aromatic N) is 2. The van der Waals surface area contributed by atoms with Crippen LogP contribution < -0.4 is 5.56 Å². The van der Waals surface area contributed by atoms with Crippen molar-refractivity contribution in [2.75, 3.05) is 0 Å². The maximum atomic E-state index is 12.7. The molecule has 5 rings (SSSR count). The molecule has 0 amide bonds. The van der Waals surface area contributed by atoms with Crippen molar-refractivity contribution in [1.29, 1.82) is 0 Å². The molecule has 1 N–H and O–H groups in total. The molecule has 0 saturated heterocycles. The van der Waals surface area contributed by atoms with Crippen molar-refractivity contribution >= 4 is 16.8 Å². The molecule has 0 saturated carbocycles. The van der Waals surface area contributed by atoms with Crippen molar-refractivity contribution in [3.63, 3.8) is 0 Å². The number of H-pyrrole nitrogens is 1. The molecule has 3 heterocycles. The molecule has 6 nitrogen and oxygen atoms in total. The molecule has 0 spiro atoms. The molecule has 1 atom stereocenters. The van der Waals surface area contributed by atoms with Crippen molar-refractivity contribution in [2.45, 2.75) is 18.8 Å². The minimum absolute atomic E-state index is 0.00564. The Labute approximate surface area is 148 Å². The van der Waals surface area contributed by atoms with E-state index < -0.39 is 0 Å². The SMILES string of the molecule is O=C1C[C@@H](c2ccco2)Cc2nc3[nH]n(-c4ccccc4)c(=O)c3cc21. The fourth-order valence-corrected chi connectivity index (χ4v) is 3.60. The van der Waals surface area contributed by atoms with Crippen LogP contribution in [0.4, 0.5) is 0 Å².